The largest absolute Gasteiger partial charge is 0.472 e. The lowest BCUT2D eigenvalue weighted by Crippen LogP contribution is -2.68. The van der Waals surface area contributed by atoms with E-state index in [4.69, 9.17) is 37.5 Å². The Morgan fingerprint density at radius 1 is 0.362 bits per heavy atom. The molecule has 2 aliphatic heterocycles. The van der Waals surface area contributed by atoms with Crippen LogP contribution in [0.3, 0.4) is 0 Å². The van der Waals surface area contributed by atoms with Gasteiger partial charge >= 0.3 is 33.6 Å². The van der Waals surface area contributed by atoms with E-state index < -0.39 is 157 Å². The van der Waals surface area contributed by atoms with Gasteiger partial charge in [0.2, 0.25) is 11.8 Å². The number of hydrogen-bond donors (Lipinski definition) is 10. The van der Waals surface area contributed by atoms with Crippen LogP contribution >= 0.6 is 15.6 Å². The lowest BCUT2D eigenvalue weighted by atomic mass is 9.90. The molecular formula is C89H170N2O23P2. The fraction of sp³-hybridized carbons (Fsp3) is 0.944. The molecule has 0 spiro atoms. The monoisotopic (exact) mass is 1700 g/mol. The van der Waals surface area contributed by atoms with Gasteiger partial charge in [0.15, 0.2) is 24.8 Å². The van der Waals surface area contributed by atoms with Gasteiger partial charge in [0.25, 0.3) is 0 Å². The number of phosphoric acid groups is 2. The maximum atomic E-state index is 15.0. The van der Waals surface area contributed by atoms with Crippen LogP contribution < -0.4 is 10.6 Å². The van der Waals surface area contributed by atoms with Gasteiger partial charge in [0.05, 0.1) is 44.7 Å². The summed E-state index contributed by atoms with van der Waals surface area (Å²) in [5, 5.41) is 51.2. The Kier molecular flexibility index (Phi) is 66.6. The molecule has 2 rings (SSSR count). The number of nitrogens with one attached hydrogen (secondary N) is 2. The Morgan fingerprint density at radius 3 is 1.09 bits per heavy atom. The first-order chi connectivity index (χ1) is 55.9. The van der Waals surface area contributed by atoms with Crippen molar-refractivity contribution in [3.8, 4) is 0 Å². The molecule has 0 aliphatic carbocycles. The molecule has 2 amide bonds. The molecule has 2 saturated heterocycles. The molecule has 25 nitrogen and oxygen atoms in total. The topological polar surface area (TPSA) is 379 Å². The minimum absolute atomic E-state index is 0.0133. The lowest BCUT2D eigenvalue weighted by Gasteiger charge is -2.47. The first-order valence-corrected chi connectivity index (χ1v) is 50.2. The summed E-state index contributed by atoms with van der Waals surface area (Å²) in [5.74, 6) is -4.21. The predicted molar refractivity (Wildman–Crippen MR) is 456 cm³/mol. The van der Waals surface area contributed by atoms with E-state index in [-0.39, 0.29) is 31.6 Å². The van der Waals surface area contributed by atoms with Crippen LogP contribution in [0.15, 0.2) is 0 Å². The van der Waals surface area contributed by atoms with E-state index >= 15 is 4.79 Å². The molecule has 0 aromatic carbocycles. The lowest BCUT2D eigenvalue weighted by molar-refractivity contribution is -0.297. The Balaban J connectivity index is 2.80. The van der Waals surface area contributed by atoms with Crippen molar-refractivity contribution in [2.24, 2.45) is 5.92 Å². The highest BCUT2D eigenvalue weighted by atomic mass is 31.2. The highest BCUT2D eigenvalue weighted by Gasteiger charge is 2.55. The number of rotatable bonds is 79. The van der Waals surface area contributed by atoms with Crippen LogP contribution in [0, 0.1) is 5.92 Å². The Labute approximate surface area is 701 Å². The molecule has 2 aliphatic rings. The number of esters is 3. The predicted octanol–water partition coefficient (Wildman–Crippen LogP) is 19.7. The molecule has 0 saturated carbocycles. The number of aliphatic hydroxyl groups is 4. The zero-order valence-electron chi connectivity index (χ0n) is 73.4. The molecule has 0 aromatic rings. The third kappa shape index (κ3) is 56.9. The summed E-state index contributed by atoms with van der Waals surface area (Å²) in [5.41, 5.74) is 0. The van der Waals surface area contributed by atoms with Gasteiger partial charge in [-0.15, -0.1) is 0 Å². The van der Waals surface area contributed by atoms with Crippen LogP contribution in [0.25, 0.3) is 0 Å². The Hall–Kier alpha value is -2.71. The van der Waals surface area contributed by atoms with Crippen LogP contribution in [-0.2, 0) is 70.6 Å². The smallest absolute Gasteiger partial charge is 0.462 e. The minimum atomic E-state index is -5.79. The summed E-state index contributed by atoms with van der Waals surface area (Å²) in [4.78, 5) is 115. The average Bonchev–Trinajstić information content (AvgIpc) is 0.773. The van der Waals surface area contributed by atoms with Crippen molar-refractivity contribution in [2.45, 2.75) is 519 Å². The number of carbonyl (C=O) groups excluding carboxylic acids is 5. The molecule has 2 heterocycles. The maximum absolute atomic E-state index is 15.0. The SMILES string of the molecule is CCCCCCCCCCCCCC(=O)O[C@H](CCCCCCCCCCC)CC(=O)O[C@H]1[C@H](O)[C@@H](CO)O[C@@H](OC[C@H]2O[C@H](OP(=O)(O)O)[C@H](NC(=O)C[C@H](O)CCCCCCCCCCC)[C@@H](OC(=O)C[C@H](O)CCCCCCCCCCC)[C@@H]2OP(=O)(O)O)[C@@H]1NC(=O)CC(CCCCCCCCC)CCCCCCCCC. The van der Waals surface area contributed by atoms with Gasteiger partial charge in [-0.25, -0.2) is 9.13 Å². The van der Waals surface area contributed by atoms with E-state index in [0.29, 0.717) is 32.1 Å². The molecule has 13 atom stereocenters. The summed E-state index contributed by atoms with van der Waals surface area (Å²) < 4.78 is 74.3. The van der Waals surface area contributed by atoms with Crippen molar-refractivity contribution in [1.29, 1.82) is 0 Å². The van der Waals surface area contributed by atoms with E-state index in [1.165, 1.54) is 64.2 Å². The molecular weight excluding hydrogens is 1530 g/mol. The van der Waals surface area contributed by atoms with Crippen LogP contribution in [0.2, 0.25) is 0 Å². The van der Waals surface area contributed by atoms with Gasteiger partial charge in [0, 0.05) is 12.8 Å². The van der Waals surface area contributed by atoms with Crippen molar-refractivity contribution in [1.82, 2.24) is 10.6 Å². The number of phosphoric ester groups is 2. The zero-order valence-corrected chi connectivity index (χ0v) is 75.2. The van der Waals surface area contributed by atoms with E-state index in [1.54, 1.807) is 0 Å². The van der Waals surface area contributed by atoms with Crippen molar-refractivity contribution in [2.75, 3.05) is 13.2 Å². The summed E-state index contributed by atoms with van der Waals surface area (Å²) in [6.07, 6.45) is 34.8. The normalized spacial score (nSPS) is 20.7. The van der Waals surface area contributed by atoms with Crippen molar-refractivity contribution in [3.63, 3.8) is 0 Å². The molecule has 116 heavy (non-hydrogen) atoms. The highest BCUT2D eigenvalue weighted by molar-refractivity contribution is 7.46. The Bertz CT molecular complexity index is 2500. The molecule has 684 valence electrons. The van der Waals surface area contributed by atoms with Gasteiger partial charge in [-0.05, 0) is 50.9 Å². The van der Waals surface area contributed by atoms with Crippen molar-refractivity contribution < 1.29 is 111 Å². The highest BCUT2D eigenvalue weighted by Crippen LogP contribution is 2.46. The van der Waals surface area contributed by atoms with E-state index in [2.05, 4.69) is 52.2 Å². The van der Waals surface area contributed by atoms with Gasteiger partial charge in [-0.1, -0.05) is 363 Å². The quantitative estimate of drug-likeness (QED) is 0.0117. The van der Waals surface area contributed by atoms with Gasteiger partial charge in [-0.3, -0.25) is 33.0 Å². The van der Waals surface area contributed by atoms with Gasteiger partial charge in [-0.2, -0.15) is 0 Å². The van der Waals surface area contributed by atoms with E-state index in [1.807, 2.05) is 0 Å². The van der Waals surface area contributed by atoms with Gasteiger partial charge in [0.1, 0.15) is 42.6 Å². The third-order valence-corrected chi connectivity index (χ3v) is 23.9. The number of ether oxygens (including phenoxy) is 6. The molecule has 10 N–H and O–H groups in total. The van der Waals surface area contributed by atoms with Crippen molar-refractivity contribution >= 4 is 45.4 Å². The molecule has 0 unspecified atom stereocenters. The fourth-order valence-electron chi connectivity index (χ4n) is 16.1. The second-order valence-corrected chi connectivity index (χ2v) is 36.3. The molecule has 2 fully saturated rings. The first kappa shape index (κ1) is 109. The molecule has 0 bridgehead atoms. The number of amides is 2. The second-order valence-electron chi connectivity index (χ2n) is 33.9. The number of carbonyl (C=O) groups is 5. The fourth-order valence-corrected chi connectivity index (χ4v) is 17.1. The molecule has 0 aromatic heterocycles. The summed E-state index contributed by atoms with van der Waals surface area (Å²) in [6, 6.07) is -3.73. The summed E-state index contributed by atoms with van der Waals surface area (Å²) >= 11 is 0. The minimum Gasteiger partial charge on any atom is -0.462 e. The average molecular weight is 1700 g/mol. The summed E-state index contributed by atoms with van der Waals surface area (Å²) in [6.45, 7) is 11.1. The van der Waals surface area contributed by atoms with Crippen molar-refractivity contribution in [3.05, 3.63) is 0 Å². The van der Waals surface area contributed by atoms with Crippen LogP contribution in [0.4, 0.5) is 0 Å². The van der Waals surface area contributed by atoms with Crippen LogP contribution in [-0.4, -0.2) is 163 Å². The number of aliphatic hydroxyl groups excluding tert-OH is 4. The standard InChI is InChI=1S/C89H170N2O23P2/c1-7-13-19-25-31-35-36-40-46-52-58-64-79(97)108-74(63-57-51-45-39-34-28-22-16-10-4)68-81(99)111-86-82(90-77(95)65-71(59-53-47-41-29-23-17-11-5)60-54-48-42-30-24-18-12-6)88(109-75(69-92)84(86)100)107-70-76-85(113-115(101,102)103)87(112-80(98)67-73(94)62-56-50-44-38-33-27-21-15-9-3)83(89(110-76)114-116(104,105)106)91-78(96)66-72(93)61-55-49-43-37-32-26-20-14-8-2/h71-76,82-89,92-94,100H,7-70H2,1-6H3,(H,90,95)(H,91,96)(H2,101,102,103)(H2,104,105,106)/t72-,73-,74-,75-,76-,82-,83-,84-,85-,86-,87-,88-,89-/m1/s1. The first-order valence-electron chi connectivity index (χ1n) is 47.1. The molecule has 0 radical (unpaired) electrons. The zero-order chi connectivity index (χ0) is 85.3. The second kappa shape index (κ2) is 70.7. The van der Waals surface area contributed by atoms with Crippen LogP contribution in [0.5, 0.6) is 0 Å². The van der Waals surface area contributed by atoms with Crippen LogP contribution in [0.1, 0.15) is 440 Å². The van der Waals surface area contributed by atoms with Gasteiger partial charge < -0.3 is 79.1 Å². The molecule has 27 heteroatoms. The van der Waals surface area contributed by atoms with E-state index in [0.717, 1.165) is 257 Å². The third-order valence-electron chi connectivity index (χ3n) is 22.9. The Morgan fingerprint density at radius 2 is 0.690 bits per heavy atom. The summed E-state index contributed by atoms with van der Waals surface area (Å²) in [7, 11) is -11.5. The number of unbranched alkanes of at least 4 members (excludes halogenated alkanes) is 46. The maximum Gasteiger partial charge on any atom is 0.472 e. The van der Waals surface area contributed by atoms with E-state index in [9.17, 15) is 68.3 Å². The number of hydrogen-bond acceptors (Lipinski definition) is 19.